The van der Waals surface area contributed by atoms with Gasteiger partial charge in [0.05, 0.1) is 19.0 Å². The summed E-state index contributed by atoms with van der Waals surface area (Å²) in [5, 5.41) is 0. The first-order valence-corrected chi connectivity index (χ1v) is 10.7. The fourth-order valence-electron chi connectivity index (χ4n) is 3.27. The molecule has 1 N–H and O–H groups in total. The van der Waals surface area contributed by atoms with Crippen molar-refractivity contribution in [2.45, 2.75) is 52.1 Å². The van der Waals surface area contributed by atoms with Crippen LogP contribution < -0.4 is 9.46 Å². The zero-order valence-electron chi connectivity index (χ0n) is 15.0. The van der Waals surface area contributed by atoms with Gasteiger partial charge in [-0.3, -0.25) is 4.90 Å². The van der Waals surface area contributed by atoms with Crippen LogP contribution in [0.1, 0.15) is 43.2 Å². The number of hydrogen-bond acceptors (Lipinski definition) is 4. The van der Waals surface area contributed by atoms with Crippen molar-refractivity contribution in [2.75, 3.05) is 26.0 Å². The number of nitrogens with one attached hydrogen (secondary N) is 1. The van der Waals surface area contributed by atoms with Crippen molar-refractivity contribution in [2.24, 2.45) is 0 Å². The molecule has 24 heavy (non-hydrogen) atoms. The lowest BCUT2D eigenvalue weighted by Crippen LogP contribution is -2.49. The molecular formula is C18H30N2O3S. The lowest BCUT2D eigenvalue weighted by atomic mass is 10.1. The quantitative estimate of drug-likeness (QED) is 0.729. The number of likely N-dealkylation sites (tertiary alicyclic amines) is 1. The molecule has 0 aliphatic carbocycles. The van der Waals surface area contributed by atoms with E-state index in [4.69, 9.17) is 4.74 Å². The zero-order chi connectivity index (χ0) is 17.6. The fraction of sp³-hybridized carbons (Fsp3) is 0.667. The molecule has 1 aromatic rings. The summed E-state index contributed by atoms with van der Waals surface area (Å²) in [5.41, 5.74) is 2.27. The van der Waals surface area contributed by atoms with Gasteiger partial charge in [-0.05, 0) is 63.7 Å². The number of nitrogens with zero attached hydrogens (tertiary/aromatic N) is 1. The zero-order valence-corrected chi connectivity index (χ0v) is 15.9. The molecule has 0 radical (unpaired) electrons. The first-order chi connectivity index (χ1) is 11.4. The predicted octanol–water partition coefficient (Wildman–Crippen LogP) is 2.82. The van der Waals surface area contributed by atoms with Gasteiger partial charge >= 0.3 is 0 Å². The van der Waals surface area contributed by atoms with E-state index >= 15 is 0 Å². The highest BCUT2D eigenvalue weighted by atomic mass is 32.2. The van der Waals surface area contributed by atoms with E-state index in [0.29, 0.717) is 6.61 Å². The summed E-state index contributed by atoms with van der Waals surface area (Å²) in [5.74, 6) is 0.947. The molecule has 0 bridgehead atoms. The Bertz CT molecular complexity index is 605. The van der Waals surface area contributed by atoms with Crippen LogP contribution in [0, 0.1) is 13.8 Å². The van der Waals surface area contributed by atoms with Crippen LogP contribution in [-0.4, -0.2) is 45.4 Å². The minimum Gasteiger partial charge on any atom is -0.493 e. The van der Waals surface area contributed by atoms with Gasteiger partial charge in [-0.1, -0.05) is 24.6 Å². The van der Waals surface area contributed by atoms with Crippen LogP contribution in [0.5, 0.6) is 5.75 Å². The molecule has 1 aliphatic heterocycles. The van der Waals surface area contributed by atoms with Gasteiger partial charge in [0.15, 0.2) is 0 Å². The van der Waals surface area contributed by atoms with Crippen LogP contribution in [0.25, 0.3) is 0 Å². The molecule has 2 rings (SSSR count). The highest BCUT2D eigenvalue weighted by Crippen LogP contribution is 2.23. The molecule has 6 heteroatoms. The van der Waals surface area contributed by atoms with Crippen molar-refractivity contribution in [3.05, 3.63) is 29.3 Å². The van der Waals surface area contributed by atoms with Crippen LogP contribution in [-0.2, 0) is 10.0 Å². The summed E-state index contributed by atoms with van der Waals surface area (Å²) in [6.45, 7) is 6.62. The molecule has 0 spiro atoms. The van der Waals surface area contributed by atoms with Crippen molar-refractivity contribution in [1.29, 1.82) is 0 Å². The Morgan fingerprint density at radius 3 is 2.38 bits per heavy atom. The van der Waals surface area contributed by atoms with Crippen molar-refractivity contribution in [3.63, 3.8) is 0 Å². The third-order valence-electron chi connectivity index (χ3n) is 4.46. The maximum atomic E-state index is 11.7. The first kappa shape index (κ1) is 19.2. The highest BCUT2D eigenvalue weighted by Gasteiger charge is 2.23. The lowest BCUT2D eigenvalue weighted by molar-refractivity contribution is 0.139. The molecule has 136 valence electrons. The second kappa shape index (κ2) is 8.83. The summed E-state index contributed by atoms with van der Waals surface area (Å²) < 4.78 is 32.0. The molecule has 0 aromatic heterocycles. The second-order valence-electron chi connectivity index (χ2n) is 6.71. The Labute approximate surface area is 146 Å². The number of sulfonamides is 1. The van der Waals surface area contributed by atoms with Crippen LogP contribution in [0.3, 0.4) is 0 Å². The van der Waals surface area contributed by atoms with Crippen LogP contribution in [0.2, 0.25) is 0 Å². The topological polar surface area (TPSA) is 58.6 Å². The number of para-hydroxylation sites is 1. The van der Waals surface area contributed by atoms with E-state index in [2.05, 4.69) is 9.62 Å². The van der Waals surface area contributed by atoms with Crippen LogP contribution >= 0.6 is 0 Å². The van der Waals surface area contributed by atoms with E-state index in [-0.39, 0.29) is 6.17 Å². The predicted molar refractivity (Wildman–Crippen MR) is 97.8 cm³/mol. The number of benzene rings is 1. The van der Waals surface area contributed by atoms with Gasteiger partial charge in [0.1, 0.15) is 5.75 Å². The van der Waals surface area contributed by atoms with E-state index in [0.717, 1.165) is 55.6 Å². The SMILES string of the molecule is Cc1cccc(C)c1OCCCC(NS(C)(=O)=O)N1CCCCC1. The Morgan fingerprint density at radius 1 is 1.17 bits per heavy atom. The summed E-state index contributed by atoms with van der Waals surface area (Å²) in [6, 6.07) is 6.12. The van der Waals surface area contributed by atoms with E-state index < -0.39 is 10.0 Å². The Balaban J connectivity index is 1.88. The average Bonchev–Trinajstić information content (AvgIpc) is 2.52. The fourth-order valence-corrected chi connectivity index (χ4v) is 4.03. The molecule has 1 aromatic carbocycles. The maximum absolute atomic E-state index is 11.7. The van der Waals surface area contributed by atoms with Gasteiger partial charge in [0.2, 0.25) is 10.0 Å². The molecule has 1 heterocycles. The van der Waals surface area contributed by atoms with Gasteiger partial charge in [-0.2, -0.15) is 4.72 Å². The Hall–Kier alpha value is -1.11. The number of hydrogen-bond donors (Lipinski definition) is 1. The van der Waals surface area contributed by atoms with Gasteiger partial charge in [0.25, 0.3) is 0 Å². The third-order valence-corrected chi connectivity index (χ3v) is 5.16. The average molecular weight is 355 g/mol. The number of aryl methyl sites for hydroxylation is 2. The molecule has 5 nitrogen and oxygen atoms in total. The number of piperidine rings is 1. The Morgan fingerprint density at radius 2 is 1.79 bits per heavy atom. The van der Waals surface area contributed by atoms with Gasteiger partial charge in [0, 0.05) is 0 Å². The van der Waals surface area contributed by atoms with Gasteiger partial charge in [-0.25, -0.2) is 8.42 Å². The smallest absolute Gasteiger partial charge is 0.210 e. The summed E-state index contributed by atoms with van der Waals surface area (Å²) in [7, 11) is -3.21. The molecule has 1 aliphatic rings. The second-order valence-corrected chi connectivity index (χ2v) is 8.49. The minimum atomic E-state index is -3.21. The van der Waals surface area contributed by atoms with Crippen molar-refractivity contribution < 1.29 is 13.2 Å². The van der Waals surface area contributed by atoms with Gasteiger partial charge < -0.3 is 4.74 Å². The number of rotatable bonds is 8. The van der Waals surface area contributed by atoms with Gasteiger partial charge in [-0.15, -0.1) is 0 Å². The maximum Gasteiger partial charge on any atom is 0.210 e. The van der Waals surface area contributed by atoms with E-state index in [9.17, 15) is 8.42 Å². The summed E-state index contributed by atoms with van der Waals surface area (Å²) >= 11 is 0. The molecule has 1 atom stereocenters. The highest BCUT2D eigenvalue weighted by molar-refractivity contribution is 7.88. The standard InChI is InChI=1S/C18H30N2O3S/c1-15-9-7-10-16(2)18(15)23-14-8-11-17(19-24(3,21)22)20-12-5-4-6-13-20/h7,9-10,17,19H,4-6,8,11-14H2,1-3H3. The van der Waals surface area contributed by atoms with Crippen molar-refractivity contribution in [3.8, 4) is 5.75 Å². The van der Waals surface area contributed by atoms with E-state index in [1.807, 2.05) is 32.0 Å². The minimum absolute atomic E-state index is 0.123. The van der Waals surface area contributed by atoms with Crippen molar-refractivity contribution in [1.82, 2.24) is 9.62 Å². The molecule has 1 fully saturated rings. The van der Waals surface area contributed by atoms with E-state index in [1.165, 1.54) is 12.7 Å². The normalized spacial score (nSPS) is 17.6. The van der Waals surface area contributed by atoms with Crippen LogP contribution in [0.4, 0.5) is 0 Å². The third kappa shape index (κ3) is 6.07. The molecular weight excluding hydrogens is 324 g/mol. The molecule has 1 saturated heterocycles. The summed E-state index contributed by atoms with van der Waals surface area (Å²) in [6.07, 6.45) is 6.20. The molecule has 1 unspecified atom stereocenters. The first-order valence-electron chi connectivity index (χ1n) is 8.77. The summed E-state index contributed by atoms with van der Waals surface area (Å²) in [4.78, 5) is 2.25. The van der Waals surface area contributed by atoms with E-state index in [1.54, 1.807) is 0 Å². The monoisotopic (exact) mass is 354 g/mol. The largest absolute Gasteiger partial charge is 0.493 e. The van der Waals surface area contributed by atoms with Crippen molar-refractivity contribution >= 4 is 10.0 Å². The molecule has 0 saturated carbocycles. The lowest BCUT2D eigenvalue weighted by Gasteiger charge is -2.34. The molecule has 0 amide bonds. The number of ether oxygens (including phenoxy) is 1. The Kier molecular flexibility index (Phi) is 7.07. The van der Waals surface area contributed by atoms with Crippen LogP contribution in [0.15, 0.2) is 18.2 Å².